The van der Waals surface area contributed by atoms with Crippen LogP contribution in [0.15, 0.2) is 24.3 Å². The Morgan fingerprint density at radius 2 is 2.00 bits per heavy atom. The van der Waals surface area contributed by atoms with Gasteiger partial charge in [0.15, 0.2) is 0 Å². The van der Waals surface area contributed by atoms with Crippen molar-refractivity contribution in [3.8, 4) is 0 Å². The number of likely N-dealkylation sites (N-methyl/N-ethyl adjacent to an activating group) is 1. The smallest absolute Gasteiger partial charge is 0.254 e. The molecule has 1 heterocycles. The van der Waals surface area contributed by atoms with Crippen LogP contribution in [0.3, 0.4) is 0 Å². The maximum Gasteiger partial charge on any atom is 0.254 e. The molecule has 1 aromatic carbocycles. The molecule has 126 valence electrons. The molecule has 1 aliphatic heterocycles. The average molecular weight is 335 g/mol. The predicted molar refractivity (Wildman–Crippen MR) is 96.1 cm³/mol. The third-order valence-corrected chi connectivity index (χ3v) is 4.93. The van der Waals surface area contributed by atoms with Gasteiger partial charge in [-0.25, -0.2) is 0 Å². The van der Waals surface area contributed by atoms with Crippen LogP contribution in [0.4, 0.5) is 5.69 Å². The minimum atomic E-state index is -0.111. The van der Waals surface area contributed by atoms with Gasteiger partial charge in [0, 0.05) is 37.0 Å². The topological polar surface area (TPSA) is 52.7 Å². The van der Waals surface area contributed by atoms with Gasteiger partial charge >= 0.3 is 0 Å². The van der Waals surface area contributed by atoms with Crippen molar-refractivity contribution < 1.29 is 9.59 Å². The largest absolute Gasteiger partial charge is 0.334 e. The molecule has 1 unspecified atom stereocenters. The van der Waals surface area contributed by atoms with Gasteiger partial charge in [-0.3, -0.25) is 9.59 Å². The first kappa shape index (κ1) is 17.8. The summed E-state index contributed by atoms with van der Waals surface area (Å²) in [6.07, 6.45) is 1.03. The fourth-order valence-electron chi connectivity index (χ4n) is 2.73. The molecule has 0 bridgehead atoms. The third kappa shape index (κ3) is 5.25. The van der Waals surface area contributed by atoms with E-state index in [4.69, 9.17) is 0 Å². The van der Waals surface area contributed by atoms with E-state index in [0.717, 1.165) is 31.0 Å². The van der Waals surface area contributed by atoms with Crippen molar-refractivity contribution in [1.82, 2.24) is 9.80 Å². The molecule has 1 aromatic rings. The van der Waals surface area contributed by atoms with Gasteiger partial charge in [0.05, 0.1) is 6.04 Å². The number of carbonyl (C=O) groups is 2. The first-order valence-corrected chi connectivity index (χ1v) is 9.04. The average Bonchev–Trinajstić information content (AvgIpc) is 2.71. The van der Waals surface area contributed by atoms with Gasteiger partial charge in [-0.15, -0.1) is 0 Å². The van der Waals surface area contributed by atoms with Crippen LogP contribution in [-0.4, -0.2) is 66.3 Å². The number of thioether (sulfide) groups is 1. The molecule has 0 saturated carbocycles. The first-order valence-electron chi connectivity index (χ1n) is 7.88. The van der Waals surface area contributed by atoms with Crippen LogP contribution in [0, 0.1) is 0 Å². The summed E-state index contributed by atoms with van der Waals surface area (Å²) < 4.78 is 0. The normalized spacial score (nSPS) is 18.6. The Kier molecular flexibility index (Phi) is 6.47. The monoisotopic (exact) mass is 335 g/mol. The Bertz CT molecular complexity index is 545. The Morgan fingerprint density at radius 3 is 2.61 bits per heavy atom. The van der Waals surface area contributed by atoms with Crippen LogP contribution in [0.25, 0.3) is 0 Å². The molecule has 1 fully saturated rings. The van der Waals surface area contributed by atoms with E-state index in [0.29, 0.717) is 11.3 Å². The maximum atomic E-state index is 12.9. The number of nitrogens with zero attached hydrogens (tertiary/aromatic N) is 2. The van der Waals surface area contributed by atoms with Crippen molar-refractivity contribution >= 4 is 29.3 Å². The van der Waals surface area contributed by atoms with Gasteiger partial charge in [-0.2, -0.15) is 11.8 Å². The van der Waals surface area contributed by atoms with Gasteiger partial charge in [0.2, 0.25) is 5.91 Å². The SMILES string of the molecule is CC(=O)Nc1ccc(C(=O)N2CCCSCC2CN(C)C)cc1. The van der Waals surface area contributed by atoms with Gasteiger partial charge in [0.1, 0.15) is 0 Å². The van der Waals surface area contributed by atoms with E-state index in [2.05, 4.69) is 10.2 Å². The van der Waals surface area contributed by atoms with Crippen LogP contribution >= 0.6 is 11.8 Å². The van der Waals surface area contributed by atoms with Crippen LogP contribution in [0.5, 0.6) is 0 Å². The number of benzene rings is 1. The Morgan fingerprint density at radius 1 is 1.30 bits per heavy atom. The van der Waals surface area contributed by atoms with Crippen LogP contribution in [-0.2, 0) is 4.79 Å². The van der Waals surface area contributed by atoms with Crippen molar-refractivity contribution in [2.75, 3.05) is 44.0 Å². The van der Waals surface area contributed by atoms with Gasteiger partial charge in [0.25, 0.3) is 5.91 Å². The summed E-state index contributed by atoms with van der Waals surface area (Å²) in [5, 5.41) is 2.72. The molecule has 1 atom stereocenters. The van der Waals surface area contributed by atoms with E-state index in [1.807, 2.05) is 30.8 Å². The summed E-state index contributed by atoms with van der Waals surface area (Å²) in [5.41, 5.74) is 1.39. The molecule has 1 saturated heterocycles. The van der Waals surface area contributed by atoms with E-state index in [1.54, 1.807) is 24.3 Å². The van der Waals surface area contributed by atoms with Crippen molar-refractivity contribution in [2.24, 2.45) is 0 Å². The quantitative estimate of drug-likeness (QED) is 0.916. The van der Waals surface area contributed by atoms with Crippen molar-refractivity contribution in [1.29, 1.82) is 0 Å². The lowest BCUT2D eigenvalue weighted by Crippen LogP contribution is -2.46. The molecule has 1 aliphatic rings. The molecule has 0 spiro atoms. The molecule has 0 aliphatic carbocycles. The van der Waals surface area contributed by atoms with E-state index >= 15 is 0 Å². The number of hydrogen-bond donors (Lipinski definition) is 1. The second kappa shape index (κ2) is 8.36. The fraction of sp³-hybridized carbons (Fsp3) is 0.529. The Labute approximate surface area is 142 Å². The van der Waals surface area contributed by atoms with E-state index < -0.39 is 0 Å². The zero-order valence-corrected chi connectivity index (χ0v) is 14.9. The third-order valence-electron chi connectivity index (χ3n) is 3.73. The Balaban J connectivity index is 2.13. The first-order chi connectivity index (χ1) is 11.0. The lowest BCUT2D eigenvalue weighted by atomic mass is 10.1. The number of anilines is 1. The lowest BCUT2D eigenvalue weighted by molar-refractivity contribution is -0.114. The van der Waals surface area contributed by atoms with E-state index in [1.165, 1.54) is 6.92 Å². The Hall–Kier alpha value is -1.53. The minimum Gasteiger partial charge on any atom is -0.334 e. The van der Waals surface area contributed by atoms with Crippen LogP contribution < -0.4 is 5.32 Å². The standard InChI is InChI=1S/C17H25N3O2S/c1-13(21)18-15-7-5-14(6-8-15)17(22)20-9-4-10-23-12-16(20)11-19(2)3/h5-8,16H,4,9-12H2,1-3H3,(H,18,21). The van der Waals surface area contributed by atoms with Crippen molar-refractivity contribution in [2.45, 2.75) is 19.4 Å². The zero-order valence-electron chi connectivity index (χ0n) is 14.0. The second-order valence-corrected chi connectivity index (χ2v) is 7.25. The molecule has 2 amide bonds. The van der Waals surface area contributed by atoms with E-state index in [9.17, 15) is 9.59 Å². The molecule has 2 rings (SSSR count). The molecular weight excluding hydrogens is 310 g/mol. The van der Waals surface area contributed by atoms with Crippen molar-refractivity contribution in [3.63, 3.8) is 0 Å². The summed E-state index contributed by atoms with van der Waals surface area (Å²) in [7, 11) is 4.08. The van der Waals surface area contributed by atoms with Crippen LogP contribution in [0.1, 0.15) is 23.7 Å². The highest BCUT2D eigenvalue weighted by Gasteiger charge is 2.26. The summed E-state index contributed by atoms with van der Waals surface area (Å²) in [4.78, 5) is 28.1. The highest BCUT2D eigenvalue weighted by Crippen LogP contribution is 2.20. The summed E-state index contributed by atoms with van der Waals surface area (Å²) in [6.45, 7) is 3.15. The van der Waals surface area contributed by atoms with Gasteiger partial charge in [-0.05, 0) is 50.5 Å². The summed E-state index contributed by atoms with van der Waals surface area (Å²) in [6, 6.07) is 7.38. The van der Waals surface area contributed by atoms with Crippen molar-refractivity contribution in [3.05, 3.63) is 29.8 Å². The van der Waals surface area contributed by atoms with Crippen LogP contribution in [0.2, 0.25) is 0 Å². The molecule has 0 radical (unpaired) electrons. The van der Waals surface area contributed by atoms with Gasteiger partial charge < -0.3 is 15.1 Å². The molecule has 0 aromatic heterocycles. The summed E-state index contributed by atoms with van der Waals surface area (Å²) in [5.74, 6) is 2.05. The van der Waals surface area contributed by atoms with Gasteiger partial charge in [-0.1, -0.05) is 0 Å². The molecular formula is C17H25N3O2S. The summed E-state index contributed by atoms with van der Waals surface area (Å²) >= 11 is 1.92. The highest BCUT2D eigenvalue weighted by molar-refractivity contribution is 7.99. The molecule has 23 heavy (non-hydrogen) atoms. The number of hydrogen-bond acceptors (Lipinski definition) is 4. The highest BCUT2D eigenvalue weighted by atomic mass is 32.2. The maximum absolute atomic E-state index is 12.9. The number of carbonyl (C=O) groups excluding carboxylic acids is 2. The zero-order chi connectivity index (χ0) is 16.8. The lowest BCUT2D eigenvalue weighted by Gasteiger charge is -2.31. The minimum absolute atomic E-state index is 0.0775. The number of rotatable bonds is 4. The molecule has 5 nitrogen and oxygen atoms in total. The fourth-order valence-corrected chi connectivity index (χ4v) is 3.79. The number of amides is 2. The van der Waals surface area contributed by atoms with E-state index in [-0.39, 0.29) is 17.9 Å². The molecule has 6 heteroatoms. The second-order valence-electron chi connectivity index (χ2n) is 6.10. The number of nitrogens with one attached hydrogen (secondary N) is 1. The molecule has 1 N–H and O–H groups in total. The predicted octanol–water partition coefficient (Wildman–Crippen LogP) is 2.15.